The highest BCUT2D eigenvalue weighted by molar-refractivity contribution is 5.83. The molecule has 184 valence electrons. The Bertz CT molecular complexity index is 1470. The summed E-state index contributed by atoms with van der Waals surface area (Å²) in [6, 6.07) is 27.6. The third kappa shape index (κ3) is 3.91. The van der Waals surface area contributed by atoms with Crippen molar-refractivity contribution >= 4 is 11.4 Å². The third-order valence-corrected chi connectivity index (χ3v) is 7.95. The maximum absolute atomic E-state index is 10.7. The number of aromatic hydroxyl groups is 1. The number of benzene rings is 3. The normalized spacial score (nSPS) is 19.6. The standard InChI is InChI=1S/C32H29N3O2/c36-30-8-4-7-29-32(30)37-31-19-24(23-13-16-33-17-14-23)9-12-28(31)35(29)27-20-25-10-11-26(21-27)34(25)18-15-22-5-2-1-3-6-22/h1-10,12-14,16-17,19,26-27,36H,11,15,18,20-21H2/t26-,27-/m0/s1. The zero-order valence-electron chi connectivity index (χ0n) is 20.6. The van der Waals surface area contributed by atoms with Gasteiger partial charge in [-0.25, -0.2) is 0 Å². The molecule has 7 rings (SSSR count). The van der Waals surface area contributed by atoms with Gasteiger partial charge in [0.25, 0.3) is 0 Å². The molecular weight excluding hydrogens is 458 g/mol. The van der Waals surface area contributed by atoms with Crippen LogP contribution in [0, 0.1) is 0 Å². The number of piperidine rings is 1. The molecule has 0 radical (unpaired) electrons. The number of hydrogen-bond donors (Lipinski definition) is 1. The fourth-order valence-corrected chi connectivity index (χ4v) is 6.19. The number of para-hydroxylation sites is 1. The summed E-state index contributed by atoms with van der Waals surface area (Å²) in [6.07, 6.45) is 10.3. The molecule has 2 atom stereocenters. The van der Waals surface area contributed by atoms with E-state index in [4.69, 9.17) is 4.74 Å². The molecule has 3 aromatic carbocycles. The fourth-order valence-electron chi connectivity index (χ4n) is 6.19. The Morgan fingerprint density at radius 3 is 2.57 bits per heavy atom. The zero-order chi connectivity index (χ0) is 24.8. The van der Waals surface area contributed by atoms with Crippen LogP contribution in [0.2, 0.25) is 0 Å². The van der Waals surface area contributed by atoms with Gasteiger partial charge in [0.15, 0.2) is 17.2 Å². The van der Waals surface area contributed by atoms with E-state index in [1.54, 1.807) is 18.5 Å². The molecule has 5 heteroatoms. The minimum atomic E-state index is 0.171. The van der Waals surface area contributed by atoms with E-state index in [0.717, 1.165) is 60.5 Å². The number of fused-ring (bicyclic) bond motifs is 4. The third-order valence-electron chi connectivity index (χ3n) is 7.95. The van der Waals surface area contributed by atoms with Gasteiger partial charge in [-0.15, -0.1) is 0 Å². The fraction of sp³-hybridized carbons (Fsp3) is 0.219. The van der Waals surface area contributed by atoms with Gasteiger partial charge in [0.1, 0.15) is 0 Å². The van der Waals surface area contributed by atoms with Crippen molar-refractivity contribution in [2.75, 3.05) is 11.4 Å². The number of nitrogens with zero attached hydrogens (tertiary/aromatic N) is 3. The molecular formula is C32H29N3O2. The lowest BCUT2D eigenvalue weighted by molar-refractivity contribution is 0.211. The van der Waals surface area contributed by atoms with Crippen molar-refractivity contribution in [3.8, 4) is 28.4 Å². The van der Waals surface area contributed by atoms with Crippen LogP contribution in [0.5, 0.6) is 17.2 Å². The summed E-state index contributed by atoms with van der Waals surface area (Å²) in [5, 5.41) is 10.7. The summed E-state index contributed by atoms with van der Waals surface area (Å²) in [7, 11) is 0. The zero-order valence-corrected chi connectivity index (χ0v) is 20.6. The molecule has 1 N–H and O–H groups in total. The Hall–Kier alpha value is -4.25. The largest absolute Gasteiger partial charge is 0.504 e. The van der Waals surface area contributed by atoms with Gasteiger partial charge in [0, 0.05) is 43.1 Å². The first kappa shape index (κ1) is 22.0. The molecule has 1 aromatic heterocycles. The summed E-state index contributed by atoms with van der Waals surface area (Å²) in [6.45, 7) is 1.06. The maximum Gasteiger partial charge on any atom is 0.192 e. The first-order chi connectivity index (χ1) is 18.2. The van der Waals surface area contributed by atoms with Crippen LogP contribution in [0.25, 0.3) is 11.1 Å². The highest BCUT2D eigenvalue weighted by Gasteiger charge is 2.40. The van der Waals surface area contributed by atoms with Gasteiger partial charge in [0.2, 0.25) is 0 Å². The first-order valence-electron chi connectivity index (χ1n) is 13.1. The molecule has 0 unspecified atom stereocenters. The van der Waals surface area contributed by atoms with Crippen LogP contribution in [-0.2, 0) is 6.42 Å². The Balaban J connectivity index is 1.20. The van der Waals surface area contributed by atoms with E-state index in [-0.39, 0.29) is 5.75 Å². The number of rotatable bonds is 5. The molecule has 0 spiro atoms. The van der Waals surface area contributed by atoms with E-state index >= 15 is 0 Å². The molecule has 0 amide bonds. The van der Waals surface area contributed by atoms with Gasteiger partial charge < -0.3 is 19.6 Å². The smallest absolute Gasteiger partial charge is 0.192 e. The maximum atomic E-state index is 10.7. The number of anilines is 2. The van der Waals surface area contributed by atoms with Gasteiger partial charge in [-0.05, 0) is 72.4 Å². The number of aromatic nitrogens is 1. The molecule has 0 saturated carbocycles. The molecule has 0 aliphatic carbocycles. The lowest BCUT2D eigenvalue weighted by atomic mass is 9.94. The molecule has 4 heterocycles. The number of ether oxygens (including phenoxy) is 1. The Morgan fingerprint density at radius 1 is 0.865 bits per heavy atom. The second kappa shape index (κ2) is 9.00. The van der Waals surface area contributed by atoms with Crippen LogP contribution in [0.4, 0.5) is 11.4 Å². The summed E-state index contributed by atoms with van der Waals surface area (Å²) >= 11 is 0. The Morgan fingerprint density at radius 2 is 1.73 bits per heavy atom. The number of phenols is 1. The monoisotopic (exact) mass is 487 g/mol. The van der Waals surface area contributed by atoms with E-state index in [9.17, 15) is 5.11 Å². The molecule has 4 aromatic rings. The summed E-state index contributed by atoms with van der Waals surface area (Å²) in [4.78, 5) is 9.18. The highest BCUT2D eigenvalue weighted by atomic mass is 16.5. The number of pyridine rings is 1. The lowest BCUT2D eigenvalue weighted by Gasteiger charge is -2.45. The molecule has 1 fully saturated rings. The van der Waals surface area contributed by atoms with Crippen molar-refractivity contribution in [2.24, 2.45) is 0 Å². The van der Waals surface area contributed by atoms with Crippen molar-refractivity contribution in [2.45, 2.75) is 37.8 Å². The van der Waals surface area contributed by atoms with Crippen LogP contribution in [0.1, 0.15) is 24.8 Å². The van der Waals surface area contributed by atoms with Crippen molar-refractivity contribution in [3.63, 3.8) is 0 Å². The van der Waals surface area contributed by atoms with E-state index in [1.165, 1.54) is 11.3 Å². The average molecular weight is 488 g/mol. The van der Waals surface area contributed by atoms with Gasteiger partial charge in [-0.1, -0.05) is 48.5 Å². The Labute approximate surface area is 217 Å². The molecule has 2 bridgehead atoms. The summed E-state index contributed by atoms with van der Waals surface area (Å²) < 4.78 is 6.34. The van der Waals surface area contributed by atoms with E-state index in [2.05, 4.69) is 75.5 Å². The van der Waals surface area contributed by atoms with E-state index < -0.39 is 0 Å². The SMILES string of the molecule is Oc1cccc2c1Oc1cc(-c3ccncc3)ccc1N2[C@H]1CC2=CC[C@@H](C1)N2CCc1ccccc1. The van der Waals surface area contributed by atoms with Gasteiger partial charge in [-0.3, -0.25) is 4.98 Å². The van der Waals surface area contributed by atoms with Crippen LogP contribution >= 0.6 is 0 Å². The number of phenolic OH excluding ortho intramolecular Hbond substituents is 1. The van der Waals surface area contributed by atoms with Crippen LogP contribution in [-0.4, -0.2) is 33.6 Å². The second-order valence-corrected chi connectivity index (χ2v) is 10.1. The highest BCUT2D eigenvalue weighted by Crippen LogP contribution is 2.54. The topological polar surface area (TPSA) is 48.8 Å². The quantitative estimate of drug-likeness (QED) is 0.327. The minimum Gasteiger partial charge on any atom is -0.504 e. The van der Waals surface area contributed by atoms with Crippen LogP contribution in [0.15, 0.2) is 103 Å². The minimum absolute atomic E-state index is 0.171. The molecule has 3 aliphatic rings. The van der Waals surface area contributed by atoms with Crippen molar-refractivity contribution in [1.82, 2.24) is 9.88 Å². The summed E-state index contributed by atoms with van der Waals surface area (Å²) in [5.74, 6) is 1.48. The number of hydrogen-bond acceptors (Lipinski definition) is 5. The average Bonchev–Trinajstić information content (AvgIpc) is 3.18. The van der Waals surface area contributed by atoms with Crippen molar-refractivity contribution in [3.05, 3.63) is 109 Å². The van der Waals surface area contributed by atoms with Crippen LogP contribution in [0.3, 0.4) is 0 Å². The van der Waals surface area contributed by atoms with Gasteiger partial charge >= 0.3 is 0 Å². The predicted molar refractivity (Wildman–Crippen MR) is 146 cm³/mol. The van der Waals surface area contributed by atoms with Crippen molar-refractivity contribution < 1.29 is 9.84 Å². The lowest BCUT2D eigenvalue weighted by Crippen LogP contribution is -2.46. The van der Waals surface area contributed by atoms with Gasteiger partial charge in [-0.2, -0.15) is 0 Å². The second-order valence-electron chi connectivity index (χ2n) is 10.1. The Kier molecular flexibility index (Phi) is 5.35. The van der Waals surface area contributed by atoms with E-state index in [1.807, 2.05) is 18.2 Å². The van der Waals surface area contributed by atoms with Gasteiger partial charge in [0.05, 0.1) is 11.4 Å². The molecule has 1 saturated heterocycles. The van der Waals surface area contributed by atoms with Crippen LogP contribution < -0.4 is 9.64 Å². The molecule has 5 nitrogen and oxygen atoms in total. The first-order valence-corrected chi connectivity index (χ1v) is 13.1. The predicted octanol–water partition coefficient (Wildman–Crippen LogP) is 7.06. The van der Waals surface area contributed by atoms with E-state index in [0.29, 0.717) is 17.8 Å². The summed E-state index contributed by atoms with van der Waals surface area (Å²) in [5.41, 5.74) is 6.98. The van der Waals surface area contributed by atoms with Crippen molar-refractivity contribution in [1.29, 1.82) is 0 Å². The molecule has 3 aliphatic heterocycles. The molecule has 37 heavy (non-hydrogen) atoms.